The molecule has 0 saturated carbocycles. The number of aromatic amines is 1. The number of fused-ring (bicyclic) bond motifs is 1. The van der Waals surface area contributed by atoms with Crippen LogP contribution in [0.5, 0.6) is 5.75 Å². The molecule has 0 radical (unpaired) electrons. The molecule has 1 unspecified atom stereocenters. The van der Waals surface area contributed by atoms with Gasteiger partial charge in [0, 0.05) is 41.4 Å². The minimum Gasteiger partial charge on any atom is -0.492 e. The van der Waals surface area contributed by atoms with Gasteiger partial charge >= 0.3 is 0 Å². The highest BCUT2D eigenvalue weighted by molar-refractivity contribution is 7.92. The van der Waals surface area contributed by atoms with Crippen LogP contribution >= 0.6 is 0 Å². The topological polar surface area (TPSA) is 94.7 Å². The Bertz CT molecular complexity index is 1690. The van der Waals surface area contributed by atoms with Gasteiger partial charge in [0.05, 0.1) is 11.0 Å². The van der Waals surface area contributed by atoms with Crippen LogP contribution in [-0.4, -0.2) is 50.2 Å². The highest BCUT2D eigenvalue weighted by Gasteiger charge is 2.16. The number of nitrogens with one attached hydrogen (secondary N) is 2. The maximum absolute atomic E-state index is 12.7. The molecule has 0 bridgehead atoms. The third-order valence-corrected chi connectivity index (χ3v) is 8.29. The number of aromatic nitrogens is 1. The van der Waals surface area contributed by atoms with E-state index in [0.717, 1.165) is 22.5 Å². The van der Waals surface area contributed by atoms with Gasteiger partial charge in [-0.2, -0.15) is 0 Å². The molecule has 0 fully saturated rings. The standard InChI is InChI=1S/C32H33N3O4S/c1-23-29-17-16-27(21-30(29)33-32(23)24-10-5-3-6-11-24)39-19-18-35(2)22-31(36)25-12-9-13-26(20-25)34-40(37,38)28-14-7-4-8-15-28/h3-17,20-21,31,33-34,36H,18-19,22H2,1-2H3. The van der Waals surface area contributed by atoms with Crippen molar-refractivity contribution in [2.24, 2.45) is 0 Å². The Balaban J connectivity index is 1.16. The molecule has 5 aromatic rings. The Morgan fingerprint density at radius 1 is 0.925 bits per heavy atom. The molecule has 0 aliphatic rings. The summed E-state index contributed by atoms with van der Waals surface area (Å²) in [7, 11) is -1.79. The van der Waals surface area contributed by atoms with Gasteiger partial charge in [-0.25, -0.2) is 8.42 Å². The van der Waals surface area contributed by atoms with Crippen LogP contribution in [0.1, 0.15) is 17.2 Å². The number of aryl methyl sites for hydroxylation is 1. The molecule has 1 aromatic heterocycles. The molecule has 3 N–H and O–H groups in total. The number of aliphatic hydroxyl groups is 1. The molecule has 0 aliphatic heterocycles. The molecular formula is C32H33N3O4S. The van der Waals surface area contributed by atoms with Gasteiger partial charge in [-0.3, -0.25) is 4.72 Å². The second kappa shape index (κ2) is 12.0. The maximum Gasteiger partial charge on any atom is 0.261 e. The molecule has 206 valence electrons. The predicted molar refractivity (Wildman–Crippen MR) is 160 cm³/mol. The van der Waals surface area contributed by atoms with Crippen molar-refractivity contribution in [3.05, 3.63) is 114 Å². The summed E-state index contributed by atoms with van der Waals surface area (Å²) in [6.45, 7) is 3.55. The quantitative estimate of drug-likeness (QED) is 0.186. The van der Waals surface area contributed by atoms with Gasteiger partial charge in [-0.15, -0.1) is 0 Å². The average molecular weight is 556 g/mol. The number of benzene rings is 4. The normalized spacial score (nSPS) is 12.5. The summed E-state index contributed by atoms with van der Waals surface area (Å²) < 4.78 is 33.9. The van der Waals surface area contributed by atoms with E-state index >= 15 is 0 Å². The van der Waals surface area contributed by atoms with Crippen molar-refractivity contribution in [3.8, 4) is 17.0 Å². The highest BCUT2D eigenvalue weighted by atomic mass is 32.2. The van der Waals surface area contributed by atoms with E-state index in [1.165, 1.54) is 23.1 Å². The molecule has 0 saturated heterocycles. The van der Waals surface area contributed by atoms with Crippen LogP contribution < -0.4 is 9.46 Å². The molecule has 1 atom stereocenters. The van der Waals surface area contributed by atoms with Crippen molar-refractivity contribution < 1.29 is 18.3 Å². The fourth-order valence-corrected chi connectivity index (χ4v) is 5.81. The van der Waals surface area contributed by atoms with E-state index in [2.05, 4.69) is 34.8 Å². The highest BCUT2D eigenvalue weighted by Crippen LogP contribution is 2.31. The molecule has 40 heavy (non-hydrogen) atoms. The van der Waals surface area contributed by atoms with Crippen LogP contribution in [0, 0.1) is 6.92 Å². The number of H-pyrrole nitrogens is 1. The predicted octanol–water partition coefficient (Wildman–Crippen LogP) is 5.99. The van der Waals surface area contributed by atoms with Gasteiger partial charge < -0.3 is 19.7 Å². The third-order valence-electron chi connectivity index (χ3n) is 6.90. The fourth-order valence-electron chi connectivity index (χ4n) is 4.73. The van der Waals surface area contributed by atoms with E-state index < -0.39 is 16.1 Å². The third kappa shape index (κ3) is 6.37. The Kier molecular flexibility index (Phi) is 8.21. The first-order valence-corrected chi connectivity index (χ1v) is 14.6. The monoisotopic (exact) mass is 555 g/mol. The van der Waals surface area contributed by atoms with Crippen molar-refractivity contribution >= 4 is 26.6 Å². The number of aliphatic hydroxyl groups excluding tert-OH is 1. The van der Waals surface area contributed by atoms with Crippen molar-refractivity contribution in [1.82, 2.24) is 9.88 Å². The fraction of sp³-hybridized carbons (Fsp3) is 0.188. The minimum atomic E-state index is -3.71. The molecular weight excluding hydrogens is 522 g/mol. The zero-order valence-electron chi connectivity index (χ0n) is 22.5. The summed E-state index contributed by atoms with van der Waals surface area (Å²) in [6, 6.07) is 31.4. The van der Waals surface area contributed by atoms with E-state index in [-0.39, 0.29) is 4.90 Å². The van der Waals surface area contributed by atoms with E-state index in [1.54, 1.807) is 42.5 Å². The lowest BCUT2D eigenvalue weighted by atomic mass is 10.1. The summed E-state index contributed by atoms with van der Waals surface area (Å²) in [4.78, 5) is 5.69. The SMILES string of the molecule is Cc1c(-c2ccccc2)[nH]c2cc(OCCN(C)CC(O)c3cccc(NS(=O)(=O)c4ccccc4)c3)ccc12. The van der Waals surface area contributed by atoms with Gasteiger partial charge in [0.15, 0.2) is 0 Å². The van der Waals surface area contributed by atoms with E-state index in [1.807, 2.05) is 42.3 Å². The van der Waals surface area contributed by atoms with Crippen molar-refractivity contribution in [1.29, 1.82) is 0 Å². The maximum atomic E-state index is 12.7. The van der Waals surface area contributed by atoms with Crippen molar-refractivity contribution in [2.75, 3.05) is 31.5 Å². The number of ether oxygens (including phenoxy) is 1. The smallest absolute Gasteiger partial charge is 0.261 e. The number of anilines is 1. The number of hydrogen-bond acceptors (Lipinski definition) is 5. The Morgan fingerprint density at radius 2 is 1.65 bits per heavy atom. The first-order chi connectivity index (χ1) is 19.3. The molecule has 1 heterocycles. The summed E-state index contributed by atoms with van der Waals surface area (Å²) in [5, 5.41) is 12.0. The van der Waals surface area contributed by atoms with Crippen LogP contribution in [0.2, 0.25) is 0 Å². The molecule has 4 aromatic carbocycles. The Morgan fingerprint density at radius 3 is 2.40 bits per heavy atom. The molecule has 5 rings (SSSR count). The summed E-state index contributed by atoms with van der Waals surface area (Å²) in [6.07, 6.45) is -0.791. The van der Waals surface area contributed by atoms with Gasteiger partial charge in [0.2, 0.25) is 0 Å². The average Bonchev–Trinajstić information content (AvgIpc) is 3.29. The second-order valence-corrected chi connectivity index (χ2v) is 11.6. The van der Waals surface area contributed by atoms with Crippen molar-refractivity contribution in [3.63, 3.8) is 0 Å². The first-order valence-electron chi connectivity index (χ1n) is 13.1. The molecule has 8 heteroatoms. The summed E-state index contributed by atoms with van der Waals surface area (Å²) in [5.41, 5.74) is 5.52. The summed E-state index contributed by atoms with van der Waals surface area (Å²) in [5.74, 6) is 0.778. The Hall–Kier alpha value is -4.11. The van der Waals surface area contributed by atoms with E-state index in [4.69, 9.17) is 4.74 Å². The lowest BCUT2D eigenvalue weighted by Gasteiger charge is -2.21. The number of sulfonamides is 1. The largest absolute Gasteiger partial charge is 0.492 e. The number of hydrogen-bond donors (Lipinski definition) is 3. The zero-order chi connectivity index (χ0) is 28.1. The minimum absolute atomic E-state index is 0.183. The molecule has 0 aliphatic carbocycles. The van der Waals surface area contributed by atoms with Gasteiger partial charge in [0.25, 0.3) is 10.0 Å². The lowest BCUT2D eigenvalue weighted by molar-refractivity contribution is 0.118. The molecule has 0 amide bonds. The molecule has 0 spiro atoms. The number of rotatable bonds is 11. The number of likely N-dealkylation sites (N-methyl/N-ethyl adjacent to an activating group) is 1. The van der Waals surface area contributed by atoms with Crippen molar-refractivity contribution in [2.45, 2.75) is 17.9 Å². The van der Waals surface area contributed by atoms with Crippen LogP contribution in [0.15, 0.2) is 108 Å². The molecule has 7 nitrogen and oxygen atoms in total. The van der Waals surface area contributed by atoms with E-state index in [0.29, 0.717) is 30.9 Å². The van der Waals surface area contributed by atoms with Gasteiger partial charge in [0.1, 0.15) is 12.4 Å². The number of nitrogens with zero attached hydrogens (tertiary/aromatic N) is 1. The van der Waals surface area contributed by atoms with Crippen LogP contribution in [0.3, 0.4) is 0 Å². The van der Waals surface area contributed by atoms with E-state index in [9.17, 15) is 13.5 Å². The Labute approximate surface area is 235 Å². The van der Waals surface area contributed by atoms with Gasteiger partial charge in [-0.1, -0.05) is 60.7 Å². The van der Waals surface area contributed by atoms with Gasteiger partial charge in [-0.05, 0) is 67.1 Å². The summed E-state index contributed by atoms with van der Waals surface area (Å²) >= 11 is 0. The zero-order valence-corrected chi connectivity index (χ0v) is 23.4. The lowest BCUT2D eigenvalue weighted by Crippen LogP contribution is -2.29. The van der Waals surface area contributed by atoms with Crippen LogP contribution in [0.4, 0.5) is 5.69 Å². The first kappa shape index (κ1) is 27.5. The van der Waals surface area contributed by atoms with Crippen LogP contribution in [0.25, 0.3) is 22.2 Å². The van der Waals surface area contributed by atoms with Crippen LogP contribution in [-0.2, 0) is 10.0 Å². The second-order valence-electron chi connectivity index (χ2n) is 9.87.